The lowest BCUT2D eigenvalue weighted by atomic mass is 10.2. The van der Waals surface area contributed by atoms with E-state index in [0.717, 1.165) is 0 Å². The number of aliphatic hydroxyl groups is 1. The van der Waals surface area contributed by atoms with E-state index in [1.54, 1.807) is 60.6 Å². The first-order valence-corrected chi connectivity index (χ1v) is 11.1. The molecule has 0 rings (SSSR count). The van der Waals surface area contributed by atoms with Crippen molar-refractivity contribution in [1.82, 2.24) is 10.6 Å². The number of alkyl carbamates (subject to hydrolysis) is 2. The molecule has 0 aromatic carbocycles. The van der Waals surface area contributed by atoms with E-state index in [-0.39, 0.29) is 13.2 Å². The zero-order valence-electron chi connectivity index (χ0n) is 22.3. The number of carboxylic acids is 1. The molecule has 35 heavy (non-hydrogen) atoms. The van der Waals surface area contributed by atoms with Crippen LogP contribution in [0, 0.1) is 0 Å². The number of carboxylic acid groups (broad SMARTS) is 1. The maximum atomic E-state index is 11.4. The predicted octanol–water partition coefficient (Wildman–Crippen LogP) is 3.56. The predicted molar refractivity (Wildman–Crippen MR) is 133 cm³/mol. The third-order valence-corrected chi connectivity index (χ3v) is 3.09. The van der Waals surface area contributed by atoms with Gasteiger partial charge in [0.1, 0.15) is 23.3 Å². The van der Waals surface area contributed by atoms with Gasteiger partial charge in [-0.1, -0.05) is 12.2 Å². The number of hydrogen-bond donors (Lipinski definition) is 4. The first-order valence-electron chi connectivity index (χ1n) is 11.1. The lowest BCUT2D eigenvalue weighted by Gasteiger charge is -2.21. The summed E-state index contributed by atoms with van der Waals surface area (Å²) in [5.41, 5.74) is -1.20. The van der Waals surface area contributed by atoms with Crippen LogP contribution in [0.25, 0.3) is 0 Å². The Bertz CT molecular complexity index is 665. The highest BCUT2D eigenvalue weighted by molar-refractivity contribution is 5.81. The molecular formula is C24H44N2O9. The van der Waals surface area contributed by atoms with E-state index in [1.807, 2.05) is 0 Å². The lowest BCUT2D eigenvalue weighted by Crippen LogP contribution is -2.42. The summed E-state index contributed by atoms with van der Waals surface area (Å²) >= 11 is 0. The molecule has 0 radical (unpaired) electrons. The van der Waals surface area contributed by atoms with Gasteiger partial charge >= 0.3 is 24.1 Å². The monoisotopic (exact) mass is 504 g/mol. The maximum absolute atomic E-state index is 11.4. The molecule has 0 aliphatic heterocycles. The first-order chi connectivity index (χ1) is 15.9. The molecule has 0 aliphatic carbocycles. The molecular weight excluding hydrogens is 460 g/mol. The normalized spacial score (nSPS) is 12.0. The Kier molecular flexibility index (Phi) is 20.1. The number of carbonyl (C=O) groups excluding carboxylic acids is 3. The minimum atomic E-state index is -1.09. The molecule has 0 saturated carbocycles. The number of nitrogens with one attached hydrogen (secondary N) is 2. The van der Waals surface area contributed by atoms with Gasteiger partial charge in [0.2, 0.25) is 0 Å². The molecule has 0 spiro atoms. The highest BCUT2D eigenvalue weighted by atomic mass is 16.6. The van der Waals surface area contributed by atoms with Crippen molar-refractivity contribution in [2.75, 3.05) is 13.2 Å². The molecule has 4 N–H and O–H groups in total. The Hall–Kier alpha value is -3.08. The molecule has 0 fully saturated rings. The summed E-state index contributed by atoms with van der Waals surface area (Å²) in [6, 6.07) is -1.66. The number of aliphatic hydroxyl groups excluding tert-OH is 1. The van der Waals surface area contributed by atoms with E-state index < -0.39 is 47.4 Å². The quantitative estimate of drug-likeness (QED) is 0.159. The van der Waals surface area contributed by atoms with Gasteiger partial charge in [-0.3, -0.25) is 4.79 Å². The standard InChI is InChI=1S/C12H21NO4.C8H15NO4.C4H8O/c1-6-7-8-16-10(14)9(2)13-11(15)17-12(3,4)5;1-5(6(10)11)9-7(12)13-8(2,3)4;1-2-3-4-5/h6,9H,1,7-8H2,2-5H3,(H,13,15);5H,1-4H3,(H,9,12)(H,10,11);2,5H,1,3-4H2/t9-;5-;/m00./s1. The van der Waals surface area contributed by atoms with E-state index in [9.17, 15) is 19.2 Å². The molecule has 11 nitrogen and oxygen atoms in total. The third kappa shape index (κ3) is 28.9. The van der Waals surface area contributed by atoms with Gasteiger partial charge in [0.15, 0.2) is 0 Å². The van der Waals surface area contributed by atoms with Crippen LogP contribution in [0.2, 0.25) is 0 Å². The molecule has 204 valence electrons. The Morgan fingerprint density at radius 2 is 1.23 bits per heavy atom. The van der Waals surface area contributed by atoms with Crippen LogP contribution in [0.4, 0.5) is 9.59 Å². The average Bonchev–Trinajstić information content (AvgIpc) is 2.66. The summed E-state index contributed by atoms with van der Waals surface area (Å²) in [5, 5.41) is 21.0. The molecule has 0 bridgehead atoms. The van der Waals surface area contributed by atoms with Crippen LogP contribution in [0.5, 0.6) is 0 Å². The van der Waals surface area contributed by atoms with Crippen LogP contribution in [0.15, 0.2) is 25.3 Å². The van der Waals surface area contributed by atoms with Crippen LogP contribution in [0.3, 0.4) is 0 Å². The summed E-state index contributed by atoms with van der Waals surface area (Å²) in [4.78, 5) is 44.0. The SMILES string of the molecule is C=CCCO.C=CCCOC(=O)[C@H](C)NC(=O)OC(C)(C)C.C[C@H](NC(=O)OC(C)(C)C)C(=O)O. The summed E-state index contributed by atoms with van der Waals surface area (Å²) in [6.07, 6.45) is 3.28. The molecule has 0 aliphatic rings. The van der Waals surface area contributed by atoms with Crippen LogP contribution in [-0.2, 0) is 23.8 Å². The van der Waals surface area contributed by atoms with Gasteiger partial charge in [-0.25, -0.2) is 14.4 Å². The maximum Gasteiger partial charge on any atom is 0.408 e. The summed E-state index contributed by atoms with van der Waals surface area (Å²) in [7, 11) is 0. The van der Waals surface area contributed by atoms with E-state index >= 15 is 0 Å². The van der Waals surface area contributed by atoms with Gasteiger partial charge in [-0.05, 0) is 68.2 Å². The molecule has 0 saturated heterocycles. The van der Waals surface area contributed by atoms with Gasteiger partial charge < -0.3 is 35.1 Å². The fourth-order valence-corrected chi connectivity index (χ4v) is 1.55. The second-order valence-electron chi connectivity index (χ2n) is 9.12. The highest BCUT2D eigenvalue weighted by Crippen LogP contribution is 2.07. The number of ether oxygens (including phenoxy) is 3. The van der Waals surface area contributed by atoms with Crippen molar-refractivity contribution >= 4 is 24.1 Å². The van der Waals surface area contributed by atoms with Gasteiger partial charge in [0.25, 0.3) is 0 Å². The van der Waals surface area contributed by atoms with Gasteiger partial charge in [0.05, 0.1) is 6.61 Å². The van der Waals surface area contributed by atoms with Crippen molar-refractivity contribution in [2.45, 2.75) is 91.5 Å². The fourth-order valence-electron chi connectivity index (χ4n) is 1.55. The lowest BCUT2D eigenvalue weighted by molar-refractivity contribution is -0.145. The van der Waals surface area contributed by atoms with Crippen molar-refractivity contribution in [2.24, 2.45) is 0 Å². The summed E-state index contributed by atoms with van der Waals surface area (Å²) in [5.74, 6) is -1.58. The topological polar surface area (TPSA) is 160 Å². The fraction of sp³-hybridized carbons (Fsp3) is 0.667. The number of amides is 2. The number of carbonyl (C=O) groups is 4. The largest absolute Gasteiger partial charge is 0.480 e. The zero-order valence-corrected chi connectivity index (χ0v) is 22.3. The van der Waals surface area contributed by atoms with Crippen LogP contribution in [0.1, 0.15) is 68.2 Å². The second kappa shape index (κ2) is 19.2. The van der Waals surface area contributed by atoms with E-state index in [4.69, 9.17) is 24.4 Å². The van der Waals surface area contributed by atoms with E-state index in [2.05, 4.69) is 23.8 Å². The van der Waals surface area contributed by atoms with Crippen molar-refractivity contribution in [3.63, 3.8) is 0 Å². The number of esters is 1. The third-order valence-electron chi connectivity index (χ3n) is 3.09. The molecule has 0 heterocycles. The summed E-state index contributed by atoms with van der Waals surface area (Å²) in [6.45, 7) is 20.7. The molecule has 0 unspecified atom stereocenters. The minimum absolute atomic E-state index is 0.226. The second-order valence-corrected chi connectivity index (χ2v) is 9.12. The van der Waals surface area contributed by atoms with Crippen molar-refractivity contribution in [1.29, 1.82) is 0 Å². The van der Waals surface area contributed by atoms with Crippen molar-refractivity contribution in [3.8, 4) is 0 Å². The Labute approximate surface area is 208 Å². The Balaban J connectivity index is -0.000000502. The molecule has 0 aromatic heterocycles. The average molecular weight is 505 g/mol. The minimum Gasteiger partial charge on any atom is -0.480 e. The Morgan fingerprint density at radius 3 is 1.51 bits per heavy atom. The Morgan fingerprint density at radius 1 is 0.829 bits per heavy atom. The van der Waals surface area contributed by atoms with Gasteiger partial charge in [0, 0.05) is 6.61 Å². The van der Waals surface area contributed by atoms with Crippen molar-refractivity contribution < 1.29 is 43.6 Å². The van der Waals surface area contributed by atoms with Crippen LogP contribution in [-0.4, -0.2) is 70.8 Å². The molecule has 2 amide bonds. The first kappa shape index (κ1) is 36.5. The highest BCUT2D eigenvalue weighted by Gasteiger charge is 2.22. The molecule has 2 atom stereocenters. The summed E-state index contributed by atoms with van der Waals surface area (Å²) < 4.78 is 14.8. The van der Waals surface area contributed by atoms with Gasteiger partial charge in [-0.15, -0.1) is 13.2 Å². The smallest absolute Gasteiger partial charge is 0.408 e. The van der Waals surface area contributed by atoms with Crippen LogP contribution >= 0.6 is 0 Å². The number of rotatable bonds is 9. The van der Waals surface area contributed by atoms with E-state index in [1.165, 1.54) is 6.92 Å². The zero-order chi connectivity index (χ0) is 28.2. The molecule has 11 heteroatoms. The number of aliphatic carboxylic acids is 1. The van der Waals surface area contributed by atoms with Gasteiger partial charge in [-0.2, -0.15) is 0 Å². The van der Waals surface area contributed by atoms with Crippen molar-refractivity contribution in [3.05, 3.63) is 25.3 Å². The van der Waals surface area contributed by atoms with Crippen LogP contribution < -0.4 is 10.6 Å². The number of hydrogen-bond acceptors (Lipinski definition) is 8. The van der Waals surface area contributed by atoms with E-state index in [0.29, 0.717) is 12.8 Å². The molecule has 0 aromatic rings.